The molecular weight excluding hydrogens is 248 g/mol. The number of carbonyl (C=O) groups is 2. The van der Waals surface area contributed by atoms with Gasteiger partial charge in [0.25, 0.3) is 0 Å². The summed E-state index contributed by atoms with van der Waals surface area (Å²) < 4.78 is 0. The highest BCUT2D eigenvalue weighted by atomic mass is 16.3. The first-order valence-electron chi connectivity index (χ1n) is 6.87. The third-order valence-electron chi connectivity index (χ3n) is 3.33. The molecule has 6 nitrogen and oxygen atoms in total. The van der Waals surface area contributed by atoms with Crippen LogP contribution in [-0.2, 0) is 9.59 Å². The molecule has 0 spiro atoms. The lowest BCUT2D eigenvalue weighted by molar-refractivity contribution is -0.128. The number of Topliss-reactive ketones (excluding diaryl/α,β-unsaturated/α-hetero) is 1. The molecule has 0 bridgehead atoms. The number of hydrogen-bond donors (Lipinski definition) is 4. The van der Waals surface area contributed by atoms with Gasteiger partial charge in [0.1, 0.15) is 6.10 Å². The lowest BCUT2D eigenvalue weighted by Gasteiger charge is -2.16. The Kier molecular flexibility index (Phi) is 6.97. The van der Waals surface area contributed by atoms with Crippen molar-refractivity contribution >= 4 is 11.7 Å². The predicted molar refractivity (Wildman–Crippen MR) is 70.6 cm³/mol. The monoisotopic (exact) mass is 272 g/mol. The summed E-state index contributed by atoms with van der Waals surface area (Å²) >= 11 is 0. The van der Waals surface area contributed by atoms with E-state index in [1.165, 1.54) is 6.92 Å². The summed E-state index contributed by atoms with van der Waals surface area (Å²) in [6.07, 6.45) is 1.68. The van der Waals surface area contributed by atoms with Crippen LogP contribution < -0.4 is 10.6 Å². The van der Waals surface area contributed by atoms with E-state index in [4.69, 9.17) is 0 Å². The first-order chi connectivity index (χ1) is 9.00. The standard InChI is InChI=1S/C13H24N2O4/c1-9(16)14-6-4-2-3-5-12(18)13(19)11-7-10(17)8-15-11/h10-11,13,15,17,19H,2-8H2,1H3,(H,14,16)/t10?,11-,13?/m0/s1. The fraction of sp³-hybridized carbons (Fsp3) is 0.846. The zero-order valence-electron chi connectivity index (χ0n) is 11.4. The van der Waals surface area contributed by atoms with Crippen molar-refractivity contribution < 1.29 is 19.8 Å². The molecular formula is C13H24N2O4. The van der Waals surface area contributed by atoms with Crippen LogP contribution in [0.2, 0.25) is 0 Å². The van der Waals surface area contributed by atoms with Gasteiger partial charge in [-0.1, -0.05) is 6.42 Å². The Morgan fingerprint density at radius 1 is 1.37 bits per heavy atom. The van der Waals surface area contributed by atoms with Crippen molar-refractivity contribution in [3.63, 3.8) is 0 Å². The molecule has 1 fully saturated rings. The van der Waals surface area contributed by atoms with Gasteiger partial charge in [-0.2, -0.15) is 0 Å². The SMILES string of the molecule is CC(=O)NCCCCCC(=O)C(O)[C@@H]1CC(O)CN1. The molecule has 1 aliphatic heterocycles. The number of carbonyl (C=O) groups excluding carboxylic acids is 2. The second-order valence-electron chi connectivity index (χ2n) is 5.11. The minimum atomic E-state index is -1.02. The van der Waals surface area contributed by atoms with Crippen LogP contribution in [0.15, 0.2) is 0 Å². The predicted octanol–water partition coefficient (Wildman–Crippen LogP) is -0.664. The number of aliphatic hydroxyl groups is 2. The van der Waals surface area contributed by atoms with Crippen LogP contribution in [0.5, 0.6) is 0 Å². The van der Waals surface area contributed by atoms with Crippen LogP contribution in [-0.4, -0.2) is 53.2 Å². The summed E-state index contributed by atoms with van der Waals surface area (Å²) in [5, 5.41) is 24.8. The van der Waals surface area contributed by atoms with Gasteiger partial charge in [0.05, 0.1) is 6.10 Å². The van der Waals surface area contributed by atoms with E-state index in [2.05, 4.69) is 10.6 Å². The number of hydrogen-bond acceptors (Lipinski definition) is 5. The molecule has 6 heteroatoms. The minimum absolute atomic E-state index is 0.0441. The van der Waals surface area contributed by atoms with Crippen LogP contribution in [0.25, 0.3) is 0 Å². The van der Waals surface area contributed by atoms with E-state index >= 15 is 0 Å². The van der Waals surface area contributed by atoms with Gasteiger partial charge < -0.3 is 20.8 Å². The molecule has 0 aromatic carbocycles. The van der Waals surface area contributed by atoms with Crippen molar-refractivity contribution in [1.82, 2.24) is 10.6 Å². The molecule has 0 radical (unpaired) electrons. The van der Waals surface area contributed by atoms with Gasteiger partial charge in [0, 0.05) is 32.5 Å². The maximum absolute atomic E-state index is 11.7. The summed E-state index contributed by atoms with van der Waals surface area (Å²) in [5.74, 6) is -0.219. The second-order valence-corrected chi connectivity index (χ2v) is 5.11. The average Bonchev–Trinajstić information content (AvgIpc) is 2.78. The normalized spacial score (nSPS) is 24.2. The molecule has 1 heterocycles. The van der Waals surface area contributed by atoms with Crippen LogP contribution in [0, 0.1) is 0 Å². The van der Waals surface area contributed by atoms with E-state index in [-0.39, 0.29) is 17.7 Å². The smallest absolute Gasteiger partial charge is 0.216 e. The van der Waals surface area contributed by atoms with E-state index in [0.29, 0.717) is 32.4 Å². The average molecular weight is 272 g/mol. The highest BCUT2D eigenvalue weighted by molar-refractivity contribution is 5.83. The number of aliphatic hydroxyl groups excluding tert-OH is 2. The summed E-state index contributed by atoms with van der Waals surface area (Å²) in [6.45, 7) is 2.54. The van der Waals surface area contributed by atoms with E-state index < -0.39 is 12.2 Å². The maximum atomic E-state index is 11.7. The van der Waals surface area contributed by atoms with Crippen molar-refractivity contribution in [3.05, 3.63) is 0 Å². The van der Waals surface area contributed by atoms with Crippen LogP contribution in [0.3, 0.4) is 0 Å². The number of unbranched alkanes of at least 4 members (excludes halogenated alkanes) is 2. The van der Waals surface area contributed by atoms with Crippen molar-refractivity contribution in [2.45, 2.75) is 57.3 Å². The zero-order valence-corrected chi connectivity index (χ0v) is 11.4. The van der Waals surface area contributed by atoms with Gasteiger partial charge in [-0.15, -0.1) is 0 Å². The van der Waals surface area contributed by atoms with E-state index in [9.17, 15) is 19.8 Å². The number of amides is 1. The molecule has 0 aromatic rings. The fourth-order valence-electron chi connectivity index (χ4n) is 2.23. The Morgan fingerprint density at radius 3 is 2.68 bits per heavy atom. The summed E-state index contributed by atoms with van der Waals surface area (Å²) in [4.78, 5) is 22.4. The van der Waals surface area contributed by atoms with E-state index in [1.54, 1.807) is 0 Å². The lowest BCUT2D eigenvalue weighted by atomic mass is 10.0. The molecule has 1 amide bonds. The van der Waals surface area contributed by atoms with Gasteiger partial charge in [-0.3, -0.25) is 9.59 Å². The molecule has 3 atom stereocenters. The third kappa shape index (κ3) is 6.13. The molecule has 1 saturated heterocycles. The van der Waals surface area contributed by atoms with Gasteiger partial charge in [0.15, 0.2) is 5.78 Å². The largest absolute Gasteiger partial charge is 0.392 e. The zero-order chi connectivity index (χ0) is 14.3. The van der Waals surface area contributed by atoms with Gasteiger partial charge in [-0.25, -0.2) is 0 Å². The molecule has 0 aromatic heterocycles. The molecule has 110 valence electrons. The summed E-state index contributed by atoms with van der Waals surface area (Å²) in [6, 6.07) is -0.318. The van der Waals surface area contributed by atoms with Gasteiger partial charge >= 0.3 is 0 Å². The number of rotatable bonds is 8. The van der Waals surface area contributed by atoms with Crippen LogP contribution in [0.4, 0.5) is 0 Å². The Balaban J connectivity index is 2.08. The fourth-order valence-corrected chi connectivity index (χ4v) is 2.23. The van der Waals surface area contributed by atoms with Crippen LogP contribution in [0.1, 0.15) is 39.0 Å². The topological polar surface area (TPSA) is 98.7 Å². The molecule has 4 N–H and O–H groups in total. The Bertz CT molecular complexity index is 309. The molecule has 1 aliphatic rings. The highest BCUT2D eigenvalue weighted by Crippen LogP contribution is 2.13. The first-order valence-corrected chi connectivity index (χ1v) is 6.87. The maximum Gasteiger partial charge on any atom is 0.216 e. The Labute approximate surface area is 113 Å². The first kappa shape index (κ1) is 16.1. The van der Waals surface area contributed by atoms with E-state index in [1.807, 2.05) is 0 Å². The molecule has 1 rings (SSSR count). The molecule has 2 unspecified atom stereocenters. The number of β-amino-alcohol motifs (C(OH)–C–C–N with tert-alkyl or cyclic N) is 1. The summed E-state index contributed by atoms with van der Waals surface area (Å²) in [7, 11) is 0. The molecule has 19 heavy (non-hydrogen) atoms. The lowest BCUT2D eigenvalue weighted by Crippen LogP contribution is -2.40. The summed E-state index contributed by atoms with van der Waals surface area (Å²) in [5.41, 5.74) is 0. The number of ketones is 1. The second kappa shape index (κ2) is 8.24. The molecule has 0 saturated carbocycles. The number of nitrogens with one attached hydrogen (secondary N) is 2. The third-order valence-corrected chi connectivity index (χ3v) is 3.33. The van der Waals surface area contributed by atoms with Crippen molar-refractivity contribution in [1.29, 1.82) is 0 Å². The van der Waals surface area contributed by atoms with Gasteiger partial charge in [0.2, 0.25) is 5.91 Å². The Morgan fingerprint density at radius 2 is 2.11 bits per heavy atom. The van der Waals surface area contributed by atoms with Crippen LogP contribution >= 0.6 is 0 Å². The van der Waals surface area contributed by atoms with Crippen molar-refractivity contribution in [3.8, 4) is 0 Å². The van der Waals surface area contributed by atoms with Crippen molar-refractivity contribution in [2.24, 2.45) is 0 Å². The molecule has 0 aliphatic carbocycles. The Hall–Kier alpha value is -0.980. The highest BCUT2D eigenvalue weighted by Gasteiger charge is 2.31. The minimum Gasteiger partial charge on any atom is -0.392 e. The van der Waals surface area contributed by atoms with Crippen molar-refractivity contribution in [2.75, 3.05) is 13.1 Å². The quantitative estimate of drug-likeness (QED) is 0.440. The van der Waals surface area contributed by atoms with E-state index in [0.717, 1.165) is 12.8 Å². The van der Waals surface area contributed by atoms with Gasteiger partial charge in [-0.05, 0) is 19.3 Å².